The number of carboxylic acid groups (broad SMARTS) is 1. The predicted molar refractivity (Wildman–Crippen MR) is 78.1 cm³/mol. The van der Waals surface area contributed by atoms with Gasteiger partial charge in [0.2, 0.25) is 5.91 Å². The Bertz CT molecular complexity index is 494. The zero-order valence-corrected chi connectivity index (χ0v) is 12.2. The first-order valence-corrected chi connectivity index (χ1v) is 7.25. The third kappa shape index (κ3) is 4.77. The standard InChI is InChI=1S/C16H21NO4/c1-21-13-9-7-12(8-10-13)16(11-5-6-11)17-14(18)3-2-4-15(19)20/h7-11,16H,2-6H2,1H3,(H,17,18)(H,19,20). The van der Waals surface area contributed by atoms with Crippen molar-refractivity contribution in [2.45, 2.75) is 38.1 Å². The number of benzene rings is 1. The Labute approximate surface area is 124 Å². The van der Waals surface area contributed by atoms with E-state index >= 15 is 0 Å². The molecule has 1 atom stereocenters. The van der Waals surface area contributed by atoms with Gasteiger partial charge in [0.1, 0.15) is 5.75 Å². The van der Waals surface area contributed by atoms with Crippen LogP contribution in [0.5, 0.6) is 5.75 Å². The van der Waals surface area contributed by atoms with Crippen molar-refractivity contribution in [2.24, 2.45) is 5.92 Å². The highest BCUT2D eigenvalue weighted by Crippen LogP contribution is 2.41. The monoisotopic (exact) mass is 291 g/mol. The number of rotatable bonds is 8. The van der Waals surface area contributed by atoms with Crippen LogP contribution in [0.25, 0.3) is 0 Å². The third-order valence-electron chi connectivity index (χ3n) is 3.68. The molecule has 1 aromatic carbocycles. The number of methoxy groups -OCH3 is 1. The van der Waals surface area contributed by atoms with Gasteiger partial charge >= 0.3 is 5.97 Å². The van der Waals surface area contributed by atoms with E-state index in [2.05, 4.69) is 5.32 Å². The Morgan fingerprint density at radius 1 is 1.29 bits per heavy atom. The van der Waals surface area contributed by atoms with Gasteiger partial charge in [-0.05, 0) is 42.9 Å². The van der Waals surface area contributed by atoms with E-state index in [4.69, 9.17) is 9.84 Å². The van der Waals surface area contributed by atoms with E-state index in [0.717, 1.165) is 24.2 Å². The van der Waals surface area contributed by atoms with E-state index in [-0.39, 0.29) is 24.8 Å². The van der Waals surface area contributed by atoms with Gasteiger partial charge in [0.15, 0.2) is 0 Å². The van der Waals surface area contributed by atoms with Crippen LogP contribution in [0, 0.1) is 5.92 Å². The van der Waals surface area contributed by atoms with Crippen LogP contribution in [0.1, 0.15) is 43.7 Å². The van der Waals surface area contributed by atoms with Crippen LogP contribution in [0.3, 0.4) is 0 Å². The van der Waals surface area contributed by atoms with Crippen molar-refractivity contribution in [3.8, 4) is 5.75 Å². The summed E-state index contributed by atoms with van der Waals surface area (Å²) in [6, 6.07) is 7.75. The fraction of sp³-hybridized carbons (Fsp3) is 0.500. The minimum absolute atomic E-state index is 0.0215. The largest absolute Gasteiger partial charge is 0.497 e. The third-order valence-corrected chi connectivity index (χ3v) is 3.68. The molecule has 1 fully saturated rings. The van der Waals surface area contributed by atoms with Crippen molar-refractivity contribution in [1.29, 1.82) is 0 Å². The average Bonchev–Trinajstić information content (AvgIpc) is 3.29. The van der Waals surface area contributed by atoms with Gasteiger partial charge < -0.3 is 15.2 Å². The molecule has 2 N–H and O–H groups in total. The molecule has 0 spiro atoms. The van der Waals surface area contributed by atoms with E-state index in [0.29, 0.717) is 12.3 Å². The van der Waals surface area contributed by atoms with E-state index in [1.165, 1.54) is 0 Å². The number of carbonyl (C=O) groups is 2. The van der Waals surface area contributed by atoms with E-state index in [1.807, 2.05) is 24.3 Å². The highest BCUT2D eigenvalue weighted by molar-refractivity contribution is 5.77. The molecule has 21 heavy (non-hydrogen) atoms. The number of amides is 1. The summed E-state index contributed by atoms with van der Waals surface area (Å²) in [5.41, 5.74) is 1.07. The lowest BCUT2D eigenvalue weighted by atomic mass is 10.0. The molecular weight excluding hydrogens is 270 g/mol. The highest BCUT2D eigenvalue weighted by Gasteiger charge is 2.33. The fourth-order valence-corrected chi connectivity index (χ4v) is 2.36. The van der Waals surface area contributed by atoms with Gasteiger partial charge in [-0.15, -0.1) is 0 Å². The lowest BCUT2D eigenvalue weighted by Gasteiger charge is -2.19. The minimum atomic E-state index is -0.864. The Morgan fingerprint density at radius 3 is 2.48 bits per heavy atom. The van der Waals surface area contributed by atoms with Gasteiger partial charge in [0, 0.05) is 12.8 Å². The summed E-state index contributed by atoms with van der Waals surface area (Å²) >= 11 is 0. The SMILES string of the molecule is COc1ccc(C(NC(=O)CCCC(=O)O)C2CC2)cc1. The van der Waals surface area contributed by atoms with Gasteiger partial charge in [0.25, 0.3) is 0 Å². The highest BCUT2D eigenvalue weighted by atomic mass is 16.5. The van der Waals surface area contributed by atoms with Crippen molar-refractivity contribution in [2.75, 3.05) is 7.11 Å². The summed E-state index contributed by atoms with van der Waals surface area (Å²) in [6.45, 7) is 0. The van der Waals surface area contributed by atoms with Gasteiger partial charge in [-0.1, -0.05) is 12.1 Å². The molecule has 2 rings (SSSR count). The molecule has 0 aliphatic heterocycles. The van der Waals surface area contributed by atoms with E-state index < -0.39 is 5.97 Å². The first kappa shape index (κ1) is 15.4. The van der Waals surface area contributed by atoms with Crippen molar-refractivity contribution >= 4 is 11.9 Å². The zero-order valence-electron chi connectivity index (χ0n) is 12.2. The summed E-state index contributed by atoms with van der Waals surface area (Å²) in [4.78, 5) is 22.4. The number of hydrogen-bond acceptors (Lipinski definition) is 3. The molecule has 1 aliphatic carbocycles. The molecule has 114 valence electrons. The van der Waals surface area contributed by atoms with Crippen molar-refractivity contribution in [3.05, 3.63) is 29.8 Å². The quantitative estimate of drug-likeness (QED) is 0.771. The molecule has 0 bridgehead atoms. The molecule has 5 heteroatoms. The molecular formula is C16H21NO4. The van der Waals surface area contributed by atoms with Crippen LogP contribution >= 0.6 is 0 Å². The molecule has 1 amide bonds. The van der Waals surface area contributed by atoms with E-state index in [1.54, 1.807) is 7.11 Å². The molecule has 0 saturated heterocycles. The summed E-state index contributed by atoms with van der Waals surface area (Å²) in [6.07, 6.45) is 2.90. The predicted octanol–water partition coefficient (Wildman–Crippen LogP) is 2.52. The minimum Gasteiger partial charge on any atom is -0.497 e. The second-order valence-electron chi connectivity index (χ2n) is 5.40. The van der Waals surface area contributed by atoms with Gasteiger partial charge in [-0.25, -0.2) is 0 Å². The average molecular weight is 291 g/mol. The summed E-state index contributed by atoms with van der Waals surface area (Å²) in [5.74, 6) is 0.337. The molecule has 1 aromatic rings. The number of nitrogens with one attached hydrogen (secondary N) is 1. The van der Waals surface area contributed by atoms with Gasteiger partial charge in [-0.3, -0.25) is 9.59 Å². The Balaban J connectivity index is 1.92. The lowest BCUT2D eigenvalue weighted by Crippen LogP contribution is -2.29. The lowest BCUT2D eigenvalue weighted by molar-refractivity contribution is -0.137. The maximum absolute atomic E-state index is 11.9. The molecule has 0 radical (unpaired) electrons. The van der Waals surface area contributed by atoms with Crippen LogP contribution in [0.15, 0.2) is 24.3 Å². The number of ether oxygens (including phenoxy) is 1. The second-order valence-corrected chi connectivity index (χ2v) is 5.40. The van der Waals surface area contributed by atoms with Gasteiger partial charge in [0.05, 0.1) is 13.2 Å². The van der Waals surface area contributed by atoms with Crippen LogP contribution < -0.4 is 10.1 Å². The molecule has 5 nitrogen and oxygen atoms in total. The number of aliphatic carboxylic acids is 1. The van der Waals surface area contributed by atoms with Crippen molar-refractivity contribution in [3.63, 3.8) is 0 Å². The Hall–Kier alpha value is -2.04. The first-order chi connectivity index (χ1) is 10.1. The van der Waals surface area contributed by atoms with Crippen LogP contribution in [-0.4, -0.2) is 24.1 Å². The first-order valence-electron chi connectivity index (χ1n) is 7.25. The zero-order chi connectivity index (χ0) is 15.2. The second kappa shape index (κ2) is 7.11. The summed E-state index contributed by atoms with van der Waals surface area (Å²) in [7, 11) is 1.62. The Morgan fingerprint density at radius 2 is 1.95 bits per heavy atom. The van der Waals surface area contributed by atoms with Crippen LogP contribution in [0.4, 0.5) is 0 Å². The molecule has 0 heterocycles. The van der Waals surface area contributed by atoms with Crippen LogP contribution in [0.2, 0.25) is 0 Å². The summed E-state index contributed by atoms with van der Waals surface area (Å²) < 4.78 is 5.14. The molecule has 1 unspecified atom stereocenters. The van der Waals surface area contributed by atoms with Crippen LogP contribution in [-0.2, 0) is 9.59 Å². The van der Waals surface area contributed by atoms with Crippen molar-refractivity contribution in [1.82, 2.24) is 5.32 Å². The number of hydrogen-bond donors (Lipinski definition) is 2. The topological polar surface area (TPSA) is 75.6 Å². The molecule has 0 aromatic heterocycles. The smallest absolute Gasteiger partial charge is 0.303 e. The molecule has 1 saturated carbocycles. The van der Waals surface area contributed by atoms with Crippen molar-refractivity contribution < 1.29 is 19.4 Å². The maximum atomic E-state index is 11.9. The Kier molecular flexibility index (Phi) is 5.20. The normalized spacial score (nSPS) is 15.3. The van der Waals surface area contributed by atoms with E-state index in [9.17, 15) is 9.59 Å². The van der Waals surface area contributed by atoms with Gasteiger partial charge in [-0.2, -0.15) is 0 Å². The summed E-state index contributed by atoms with van der Waals surface area (Å²) in [5, 5.41) is 11.6. The fourth-order valence-electron chi connectivity index (χ4n) is 2.36. The molecule has 1 aliphatic rings. The maximum Gasteiger partial charge on any atom is 0.303 e. The number of carboxylic acids is 1. The number of carbonyl (C=O) groups excluding carboxylic acids is 1.